The Bertz CT molecular complexity index is 966. The number of imidazole rings is 1. The van der Waals surface area contributed by atoms with E-state index >= 15 is 0 Å². The molecule has 0 amide bonds. The minimum absolute atomic E-state index is 0.632. The van der Waals surface area contributed by atoms with Gasteiger partial charge in [-0.25, -0.2) is 9.50 Å². The van der Waals surface area contributed by atoms with Crippen LogP contribution in [0.4, 0.5) is 5.82 Å². The summed E-state index contributed by atoms with van der Waals surface area (Å²) in [5.41, 5.74) is 5.65. The van der Waals surface area contributed by atoms with Crippen molar-refractivity contribution in [3.63, 3.8) is 0 Å². The van der Waals surface area contributed by atoms with E-state index in [1.165, 1.54) is 0 Å². The standard InChI is InChI=1S/C15H13N7/c1-21-13-12(10-18-21)15-16-7-8-22(15)20-14(13)19-17-9-11-5-3-2-4-6-11/h2-10H,1H3,(H,19,20)/b17-9+. The first-order chi connectivity index (χ1) is 10.8. The van der Waals surface area contributed by atoms with Crippen LogP contribution in [0, 0.1) is 0 Å². The van der Waals surface area contributed by atoms with Crippen molar-refractivity contribution in [1.29, 1.82) is 0 Å². The monoisotopic (exact) mass is 291 g/mol. The van der Waals surface area contributed by atoms with Gasteiger partial charge in [0.1, 0.15) is 5.52 Å². The van der Waals surface area contributed by atoms with E-state index in [1.807, 2.05) is 37.4 Å². The lowest BCUT2D eigenvalue weighted by atomic mass is 10.2. The third-order valence-electron chi connectivity index (χ3n) is 3.42. The summed E-state index contributed by atoms with van der Waals surface area (Å²) in [6.07, 6.45) is 7.05. The van der Waals surface area contributed by atoms with Crippen molar-refractivity contribution in [2.75, 3.05) is 5.43 Å². The van der Waals surface area contributed by atoms with E-state index < -0.39 is 0 Å². The number of fused-ring (bicyclic) bond motifs is 3. The molecule has 0 bridgehead atoms. The first-order valence-corrected chi connectivity index (χ1v) is 6.82. The largest absolute Gasteiger partial charge is 0.264 e. The van der Waals surface area contributed by atoms with Gasteiger partial charge in [-0.3, -0.25) is 10.1 Å². The summed E-state index contributed by atoms with van der Waals surface area (Å²) in [5.74, 6) is 0.632. The number of benzene rings is 1. The summed E-state index contributed by atoms with van der Waals surface area (Å²) in [7, 11) is 1.87. The molecule has 7 heteroatoms. The highest BCUT2D eigenvalue weighted by Gasteiger charge is 2.12. The smallest absolute Gasteiger partial charge is 0.193 e. The van der Waals surface area contributed by atoms with Crippen LogP contribution < -0.4 is 5.43 Å². The predicted octanol–water partition coefficient (Wildman–Crippen LogP) is 2.06. The molecular formula is C15H13N7. The van der Waals surface area contributed by atoms with E-state index in [-0.39, 0.29) is 0 Å². The molecule has 3 aromatic heterocycles. The van der Waals surface area contributed by atoms with E-state index in [1.54, 1.807) is 34.0 Å². The van der Waals surface area contributed by atoms with Gasteiger partial charge in [0.15, 0.2) is 11.5 Å². The molecule has 0 unspecified atom stereocenters. The number of nitrogens with one attached hydrogen (secondary N) is 1. The zero-order valence-electron chi connectivity index (χ0n) is 11.9. The zero-order valence-corrected chi connectivity index (χ0v) is 11.9. The average Bonchev–Trinajstić information content (AvgIpc) is 3.15. The van der Waals surface area contributed by atoms with E-state index in [0.717, 1.165) is 22.1 Å². The highest BCUT2D eigenvalue weighted by atomic mass is 15.4. The molecule has 4 rings (SSSR count). The van der Waals surface area contributed by atoms with Crippen molar-refractivity contribution in [3.8, 4) is 0 Å². The lowest BCUT2D eigenvalue weighted by Gasteiger charge is -2.04. The quantitative estimate of drug-likeness (QED) is 0.463. The molecular weight excluding hydrogens is 278 g/mol. The lowest BCUT2D eigenvalue weighted by Crippen LogP contribution is -2.02. The topological polar surface area (TPSA) is 72.4 Å². The molecule has 0 saturated carbocycles. The van der Waals surface area contributed by atoms with Gasteiger partial charge in [0.05, 0.1) is 17.8 Å². The Morgan fingerprint density at radius 1 is 1.23 bits per heavy atom. The molecule has 1 N–H and O–H groups in total. The SMILES string of the molecule is Cn1ncc2c1c(N/N=C/c1ccccc1)nn1ccnc21. The van der Waals surface area contributed by atoms with Gasteiger partial charge in [-0.1, -0.05) is 30.3 Å². The molecule has 0 atom stereocenters. The number of aromatic nitrogens is 5. The molecule has 1 aromatic carbocycles. The Hall–Kier alpha value is -3.22. The second-order valence-electron chi connectivity index (χ2n) is 4.86. The normalized spacial score (nSPS) is 11.7. The number of hydrazone groups is 1. The van der Waals surface area contributed by atoms with Crippen LogP contribution >= 0.6 is 0 Å². The van der Waals surface area contributed by atoms with Gasteiger partial charge in [-0.05, 0) is 5.56 Å². The summed E-state index contributed by atoms with van der Waals surface area (Å²) in [4.78, 5) is 4.31. The molecule has 0 aliphatic carbocycles. The third kappa shape index (κ3) is 1.99. The van der Waals surface area contributed by atoms with Crippen molar-refractivity contribution in [3.05, 3.63) is 54.5 Å². The Morgan fingerprint density at radius 3 is 2.95 bits per heavy atom. The van der Waals surface area contributed by atoms with Crippen LogP contribution in [-0.4, -0.2) is 30.6 Å². The maximum absolute atomic E-state index is 4.50. The Morgan fingerprint density at radius 2 is 2.09 bits per heavy atom. The van der Waals surface area contributed by atoms with Crippen molar-refractivity contribution in [2.24, 2.45) is 12.1 Å². The van der Waals surface area contributed by atoms with Crippen LogP contribution in [0.5, 0.6) is 0 Å². The van der Waals surface area contributed by atoms with Crippen molar-refractivity contribution in [2.45, 2.75) is 0 Å². The molecule has 3 heterocycles. The Kier molecular flexibility index (Phi) is 2.82. The molecule has 0 radical (unpaired) electrons. The van der Waals surface area contributed by atoms with Crippen LogP contribution in [0.15, 0.2) is 54.0 Å². The number of nitrogens with zero attached hydrogens (tertiary/aromatic N) is 6. The molecule has 0 aliphatic rings. The molecule has 0 aliphatic heterocycles. The Balaban J connectivity index is 1.76. The van der Waals surface area contributed by atoms with Gasteiger partial charge >= 0.3 is 0 Å². The number of aryl methyl sites for hydroxylation is 1. The summed E-state index contributed by atoms with van der Waals surface area (Å²) < 4.78 is 3.47. The van der Waals surface area contributed by atoms with Crippen molar-refractivity contribution >= 4 is 28.6 Å². The zero-order chi connectivity index (χ0) is 14.9. The van der Waals surface area contributed by atoms with E-state index in [2.05, 4.69) is 25.7 Å². The Labute approximate surface area is 125 Å². The molecule has 4 aromatic rings. The van der Waals surface area contributed by atoms with Gasteiger partial charge in [-0.2, -0.15) is 10.2 Å². The van der Waals surface area contributed by atoms with Crippen LogP contribution in [0.1, 0.15) is 5.56 Å². The highest BCUT2D eigenvalue weighted by molar-refractivity contribution is 5.97. The van der Waals surface area contributed by atoms with Crippen LogP contribution in [0.2, 0.25) is 0 Å². The van der Waals surface area contributed by atoms with Crippen LogP contribution in [0.25, 0.3) is 16.6 Å². The molecule has 108 valence electrons. The summed E-state index contributed by atoms with van der Waals surface area (Å²) in [6, 6.07) is 9.88. The van der Waals surface area contributed by atoms with Gasteiger partial charge in [-0.15, -0.1) is 5.10 Å². The second-order valence-corrected chi connectivity index (χ2v) is 4.86. The molecule has 0 spiro atoms. The molecule has 0 fully saturated rings. The number of anilines is 1. The predicted molar refractivity (Wildman–Crippen MR) is 84.9 cm³/mol. The van der Waals surface area contributed by atoms with E-state index in [9.17, 15) is 0 Å². The van der Waals surface area contributed by atoms with E-state index in [0.29, 0.717) is 5.82 Å². The average molecular weight is 291 g/mol. The number of rotatable bonds is 3. The minimum Gasteiger partial charge on any atom is -0.264 e. The van der Waals surface area contributed by atoms with Crippen LogP contribution in [0.3, 0.4) is 0 Å². The van der Waals surface area contributed by atoms with Gasteiger partial charge in [0, 0.05) is 19.4 Å². The van der Waals surface area contributed by atoms with Gasteiger partial charge < -0.3 is 0 Å². The number of hydrogen-bond donors (Lipinski definition) is 1. The fraction of sp³-hybridized carbons (Fsp3) is 0.0667. The third-order valence-corrected chi connectivity index (χ3v) is 3.42. The number of hydrogen-bond acceptors (Lipinski definition) is 5. The van der Waals surface area contributed by atoms with Gasteiger partial charge in [0.2, 0.25) is 0 Å². The van der Waals surface area contributed by atoms with Gasteiger partial charge in [0.25, 0.3) is 0 Å². The molecule has 0 saturated heterocycles. The highest BCUT2D eigenvalue weighted by Crippen LogP contribution is 2.23. The first-order valence-electron chi connectivity index (χ1n) is 6.82. The summed E-state index contributed by atoms with van der Waals surface area (Å²) in [6.45, 7) is 0. The molecule has 22 heavy (non-hydrogen) atoms. The lowest BCUT2D eigenvalue weighted by molar-refractivity contribution is 0.793. The maximum Gasteiger partial charge on any atom is 0.193 e. The summed E-state index contributed by atoms with van der Waals surface area (Å²) >= 11 is 0. The molecule has 7 nitrogen and oxygen atoms in total. The fourth-order valence-corrected chi connectivity index (χ4v) is 2.39. The fourth-order valence-electron chi connectivity index (χ4n) is 2.39. The second kappa shape index (κ2) is 4.96. The van der Waals surface area contributed by atoms with Crippen molar-refractivity contribution < 1.29 is 0 Å². The van der Waals surface area contributed by atoms with Crippen molar-refractivity contribution in [1.82, 2.24) is 24.4 Å². The minimum atomic E-state index is 0.632. The van der Waals surface area contributed by atoms with Crippen LogP contribution in [-0.2, 0) is 7.05 Å². The first kappa shape index (κ1) is 12.5. The van der Waals surface area contributed by atoms with E-state index in [4.69, 9.17) is 0 Å². The maximum atomic E-state index is 4.50. The summed E-state index contributed by atoms with van der Waals surface area (Å²) in [5, 5.41) is 14.0.